The second-order valence-corrected chi connectivity index (χ2v) is 7.82. The van der Waals surface area contributed by atoms with E-state index in [0.29, 0.717) is 16.3 Å². The van der Waals surface area contributed by atoms with Crippen LogP contribution in [-0.4, -0.2) is 5.71 Å². The van der Waals surface area contributed by atoms with E-state index < -0.39 is 7.29 Å². The van der Waals surface area contributed by atoms with Crippen LogP contribution in [0.15, 0.2) is 89.7 Å². The smallest absolute Gasteiger partial charge is 0.247 e. The summed E-state index contributed by atoms with van der Waals surface area (Å²) in [5.74, 6) is -0.305. The fraction of sp³-hybridized carbons (Fsp3) is 0.0500. The Hall–Kier alpha value is -2.51. The SMILES string of the molecule is C/C(=N/P(=O)(c1ccccc1)c1ccccc1)c1ccc(F)cc1. The summed E-state index contributed by atoms with van der Waals surface area (Å²) in [7, 11) is -3.16. The molecule has 0 saturated carbocycles. The van der Waals surface area contributed by atoms with E-state index in [1.165, 1.54) is 12.1 Å². The fourth-order valence-corrected chi connectivity index (χ4v) is 4.70. The second kappa shape index (κ2) is 6.94. The third-order valence-corrected chi connectivity index (χ3v) is 6.34. The molecule has 24 heavy (non-hydrogen) atoms. The highest BCUT2D eigenvalue weighted by Crippen LogP contribution is 2.45. The van der Waals surface area contributed by atoms with E-state index in [2.05, 4.69) is 4.76 Å². The third-order valence-electron chi connectivity index (χ3n) is 3.77. The molecule has 0 aliphatic carbocycles. The van der Waals surface area contributed by atoms with Crippen molar-refractivity contribution in [2.75, 3.05) is 0 Å². The number of benzene rings is 3. The Bertz CT molecular complexity index is 846. The Labute approximate surface area is 141 Å². The summed E-state index contributed by atoms with van der Waals surface area (Å²) in [5, 5.41) is 1.36. The van der Waals surface area contributed by atoms with Crippen molar-refractivity contribution < 1.29 is 8.96 Å². The average Bonchev–Trinajstić information content (AvgIpc) is 2.63. The second-order valence-electron chi connectivity index (χ2n) is 5.44. The normalized spacial score (nSPS) is 12.2. The van der Waals surface area contributed by atoms with Crippen molar-refractivity contribution in [3.63, 3.8) is 0 Å². The zero-order valence-electron chi connectivity index (χ0n) is 13.3. The van der Waals surface area contributed by atoms with Crippen LogP contribution in [0.4, 0.5) is 4.39 Å². The van der Waals surface area contributed by atoms with Crippen molar-refractivity contribution in [3.05, 3.63) is 96.3 Å². The van der Waals surface area contributed by atoms with Gasteiger partial charge >= 0.3 is 0 Å². The van der Waals surface area contributed by atoms with Gasteiger partial charge in [-0.1, -0.05) is 48.5 Å². The minimum Gasteiger partial charge on any atom is -0.288 e. The molecule has 0 unspecified atom stereocenters. The standard InChI is InChI=1S/C20H17FNOP/c1-16(17-12-14-18(21)15-13-17)22-24(23,19-8-4-2-5-9-19)20-10-6-3-7-11-20/h2-15H,1H3/b22-16-. The van der Waals surface area contributed by atoms with Crippen LogP contribution >= 0.6 is 7.29 Å². The molecule has 3 aromatic rings. The van der Waals surface area contributed by atoms with Crippen LogP contribution in [0, 0.1) is 5.82 Å². The molecular formula is C20H17FNOP. The molecule has 0 amide bonds. The lowest BCUT2D eigenvalue weighted by molar-refractivity contribution is 0.588. The maximum atomic E-state index is 13.8. The van der Waals surface area contributed by atoms with Gasteiger partial charge < -0.3 is 0 Å². The van der Waals surface area contributed by atoms with E-state index in [-0.39, 0.29) is 5.82 Å². The monoisotopic (exact) mass is 337 g/mol. The molecule has 2 nitrogen and oxygen atoms in total. The Morgan fingerprint density at radius 2 is 1.25 bits per heavy atom. The van der Waals surface area contributed by atoms with E-state index in [1.54, 1.807) is 19.1 Å². The van der Waals surface area contributed by atoms with Gasteiger partial charge in [-0.15, -0.1) is 0 Å². The highest BCUT2D eigenvalue weighted by molar-refractivity contribution is 7.77. The zero-order valence-corrected chi connectivity index (χ0v) is 14.2. The molecule has 3 rings (SSSR count). The van der Waals surface area contributed by atoms with Crippen molar-refractivity contribution >= 4 is 23.6 Å². The van der Waals surface area contributed by atoms with Gasteiger partial charge in [0.1, 0.15) is 5.82 Å². The van der Waals surface area contributed by atoms with E-state index in [0.717, 1.165) is 5.56 Å². The topological polar surface area (TPSA) is 29.4 Å². The zero-order chi connectivity index (χ0) is 17.0. The first-order chi connectivity index (χ1) is 11.6. The summed E-state index contributed by atoms with van der Waals surface area (Å²) < 4.78 is 31.5. The van der Waals surface area contributed by atoms with E-state index in [4.69, 9.17) is 0 Å². The maximum Gasteiger partial charge on any atom is 0.247 e. The highest BCUT2D eigenvalue weighted by Gasteiger charge is 2.26. The molecule has 0 aliphatic heterocycles. The maximum absolute atomic E-state index is 13.8. The van der Waals surface area contributed by atoms with Crippen molar-refractivity contribution in [2.45, 2.75) is 6.92 Å². The average molecular weight is 337 g/mol. The van der Waals surface area contributed by atoms with E-state index >= 15 is 0 Å². The van der Waals surface area contributed by atoms with Gasteiger partial charge in [0.2, 0.25) is 7.29 Å². The molecule has 120 valence electrons. The van der Waals surface area contributed by atoms with Crippen molar-refractivity contribution in [2.24, 2.45) is 4.76 Å². The molecule has 0 spiro atoms. The van der Waals surface area contributed by atoms with E-state index in [9.17, 15) is 8.96 Å². The summed E-state index contributed by atoms with van der Waals surface area (Å²) in [4.78, 5) is 0. The summed E-state index contributed by atoms with van der Waals surface area (Å²) >= 11 is 0. The molecule has 0 aromatic heterocycles. The minimum atomic E-state index is -3.16. The molecule has 0 saturated heterocycles. The largest absolute Gasteiger partial charge is 0.288 e. The predicted octanol–water partition coefficient (Wildman–Crippen LogP) is 4.56. The summed E-state index contributed by atoms with van der Waals surface area (Å²) in [6.45, 7) is 1.80. The molecule has 0 bridgehead atoms. The van der Waals surface area contributed by atoms with Gasteiger partial charge in [-0.05, 0) is 48.9 Å². The number of halogens is 1. The molecule has 4 heteroatoms. The molecule has 3 aromatic carbocycles. The summed E-state index contributed by atoms with van der Waals surface area (Å²) in [6.07, 6.45) is 0. The van der Waals surface area contributed by atoms with Crippen LogP contribution < -0.4 is 10.6 Å². The molecule has 0 atom stereocenters. The Morgan fingerprint density at radius 3 is 1.71 bits per heavy atom. The molecule has 0 heterocycles. The van der Waals surface area contributed by atoms with Gasteiger partial charge in [-0.3, -0.25) is 4.57 Å². The predicted molar refractivity (Wildman–Crippen MR) is 98.4 cm³/mol. The van der Waals surface area contributed by atoms with Crippen molar-refractivity contribution in [1.29, 1.82) is 0 Å². The molecule has 0 aliphatic rings. The van der Waals surface area contributed by atoms with Gasteiger partial charge in [-0.25, -0.2) is 9.15 Å². The highest BCUT2D eigenvalue weighted by atomic mass is 31.2. The van der Waals surface area contributed by atoms with Crippen molar-refractivity contribution in [3.8, 4) is 0 Å². The Morgan fingerprint density at radius 1 is 0.792 bits per heavy atom. The van der Waals surface area contributed by atoms with Crippen LogP contribution in [0.5, 0.6) is 0 Å². The van der Waals surface area contributed by atoms with Crippen LogP contribution in [0.3, 0.4) is 0 Å². The molecule has 0 radical (unpaired) electrons. The van der Waals surface area contributed by atoms with Crippen molar-refractivity contribution in [1.82, 2.24) is 0 Å². The third kappa shape index (κ3) is 3.37. The lowest BCUT2D eigenvalue weighted by Crippen LogP contribution is -2.15. The Kier molecular flexibility index (Phi) is 4.73. The van der Waals surface area contributed by atoms with Gasteiger partial charge in [0.05, 0.1) is 0 Å². The van der Waals surface area contributed by atoms with E-state index in [1.807, 2.05) is 60.7 Å². The lowest BCUT2D eigenvalue weighted by atomic mass is 10.1. The minimum absolute atomic E-state index is 0.305. The molecule has 0 fully saturated rings. The van der Waals surface area contributed by atoms with Gasteiger partial charge in [-0.2, -0.15) is 0 Å². The fourth-order valence-electron chi connectivity index (χ4n) is 2.48. The number of nitrogens with zero attached hydrogens (tertiary/aromatic N) is 1. The quantitative estimate of drug-likeness (QED) is 0.507. The van der Waals surface area contributed by atoms with Gasteiger partial charge in [0, 0.05) is 16.3 Å². The van der Waals surface area contributed by atoms with Crippen LogP contribution in [0.1, 0.15) is 12.5 Å². The molecular weight excluding hydrogens is 320 g/mol. The summed E-state index contributed by atoms with van der Waals surface area (Å²) in [6, 6.07) is 24.6. The number of hydrogen-bond acceptors (Lipinski definition) is 1. The van der Waals surface area contributed by atoms with Gasteiger partial charge in [0.15, 0.2) is 0 Å². The first kappa shape index (κ1) is 16.4. The van der Waals surface area contributed by atoms with Crippen LogP contribution in [0.2, 0.25) is 0 Å². The summed E-state index contributed by atoms with van der Waals surface area (Å²) in [5.41, 5.74) is 1.37. The lowest BCUT2D eigenvalue weighted by Gasteiger charge is -2.16. The van der Waals surface area contributed by atoms with Crippen LogP contribution in [-0.2, 0) is 4.57 Å². The first-order valence-corrected chi connectivity index (χ1v) is 9.29. The number of hydrogen-bond donors (Lipinski definition) is 0. The molecule has 0 N–H and O–H groups in total. The number of rotatable bonds is 4. The van der Waals surface area contributed by atoms with Crippen LogP contribution in [0.25, 0.3) is 0 Å². The first-order valence-electron chi connectivity index (χ1n) is 7.64. The Balaban J connectivity index is 2.14. The van der Waals surface area contributed by atoms with Gasteiger partial charge in [0.25, 0.3) is 0 Å².